The first kappa shape index (κ1) is 12.7. The molecule has 0 aliphatic rings. The van der Waals surface area contributed by atoms with E-state index in [9.17, 15) is 4.79 Å². The van der Waals surface area contributed by atoms with E-state index in [1.165, 1.54) is 0 Å². The maximum absolute atomic E-state index is 11.7. The molecule has 0 fully saturated rings. The highest BCUT2D eigenvalue weighted by atomic mass is 16.2. The molecule has 16 heavy (non-hydrogen) atoms. The molecule has 4 N–H and O–H groups in total. The molecular formula is C11H20N4O. The maximum Gasteiger partial charge on any atom is 0.242 e. The summed E-state index contributed by atoms with van der Waals surface area (Å²) >= 11 is 0. The Kier molecular flexibility index (Phi) is 4.06. The fraction of sp³-hybridized carbons (Fsp3) is 0.636. The van der Waals surface area contributed by atoms with Crippen LogP contribution in [-0.4, -0.2) is 22.1 Å². The Morgan fingerprint density at radius 3 is 2.56 bits per heavy atom. The smallest absolute Gasteiger partial charge is 0.242 e. The second kappa shape index (κ2) is 5.12. The molecule has 1 aromatic rings. The molecule has 0 spiro atoms. The van der Waals surface area contributed by atoms with E-state index in [-0.39, 0.29) is 5.91 Å². The molecule has 1 aromatic heterocycles. The van der Waals surface area contributed by atoms with E-state index >= 15 is 0 Å². The van der Waals surface area contributed by atoms with Crippen molar-refractivity contribution in [3.63, 3.8) is 0 Å². The Morgan fingerprint density at radius 1 is 1.50 bits per heavy atom. The predicted molar refractivity (Wildman–Crippen MR) is 64.1 cm³/mol. The third kappa shape index (κ3) is 3.06. The number of aromatic nitrogens is 2. The number of carbonyl (C=O) groups is 1. The number of nitrogens with zero attached hydrogens (tertiary/aromatic N) is 1. The first-order valence-corrected chi connectivity index (χ1v) is 5.49. The summed E-state index contributed by atoms with van der Waals surface area (Å²) in [5.41, 5.74) is 7.67. The molecule has 0 aliphatic heterocycles. The van der Waals surface area contributed by atoms with Gasteiger partial charge in [-0.1, -0.05) is 13.8 Å². The second-order valence-corrected chi connectivity index (χ2v) is 4.55. The second-order valence-electron chi connectivity index (χ2n) is 4.55. The van der Waals surface area contributed by atoms with Gasteiger partial charge < -0.3 is 11.1 Å². The highest BCUT2D eigenvalue weighted by molar-refractivity contribution is 5.94. The summed E-state index contributed by atoms with van der Waals surface area (Å²) in [6.45, 7) is 7.89. The Hall–Kier alpha value is -1.36. The molecular weight excluding hydrogens is 204 g/mol. The van der Waals surface area contributed by atoms with Gasteiger partial charge in [-0.25, -0.2) is 0 Å². The number of carbonyl (C=O) groups excluding carboxylic acids is 1. The SMILES string of the molecule is Cc1[nH]nc(NC(=O)[C@H](N)CC(C)C)c1C. The van der Waals surface area contributed by atoms with Gasteiger partial charge in [-0.15, -0.1) is 0 Å². The summed E-state index contributed by atoms with van der Waals surface area (Å²) in [6, 6.07) is -0.476. The minimum Gasteiger partial charge on any atom is -0.320 e. The first-order valence-electron chi connectivity index (χ1n) is 5.49. The Balaban J connectivity index is 2.61. The summed E-state index contributed by atoms with van der Waals surface area (Å²) in [6.07, 6.45) is 0.675. The van der Waals surface area contributed by atoms with Gasteiger partial charge >= 0.3 is 0 Å². The van der Waals surface area contributed by atoms with Crippen LogP contribution in [0.2, 0.25) is 0 Å². The minimum atomic E-state index is -0.476. The quantitative estimate of drug-likeness (QED) is 0.721. The van der Waals surface area contributed by atoms with Gasteiger partial charge in [0.15, 0.2) is 5.82 Å². The van der Waals surface area contributed by atoms with Gasteiger partial charge in [0.25, 0.3) is 0 Å². The van der Waals surface area contributed by atoms with Crippen LogP contribution in [0.25, 0.3) is 0 Å². The lowest BCUT2D eigenvalue weighted by Gasteiger charge is -2.13. The highest BCUT2D eigenvalue weighted by Gasteiger charge is 2.17. The van der Waals surface area contributed by atoms with Crippen LogP contribution >= 0.6 is 0 Å². The van der Waals surface area contributed by atoms with Crippen molar-refractivity contribution in [3.8, 4) is 0 Å². The topological polar surface area (TPSA) is 83.8 Å². The third-order valence-corrected chi connectivity index (χ3v) is 2.56. The van der Waals surface area contributed by atoms with E-state index in [2.05, 4.69) is 15.5 Å². The predicted octanol–water partition coefficient (Wildman–Crippen LogP) is 1.34. The summed E-state index contributed by atoms with van der Waals surface area (Å²) in [5.74, 6) is 0.799. The van der Waals surface area contributed by atoms with Crippen molar-refractivity contribution >= 4 is 11.7 Å². The summed E-state index contributed by atoms with van der Waals surface area (Å²) in [5, 5.41) is 9.55. The maximum atomic E-state index is 11.7. The van der Waals surface area contributed by atoms with E-state index in [0.29, 0.717) is 18.2 Å². The van der Waals surface area contributed by atoms with E-state index in [4.69, 9.17) is 5.73 Å². The van der Waals surface area contributed by atoms with Crippen LogP contribution in [0, 0.1) is 19.8 Å². The standard InChI is InChI=1S/C11H20N4O/c1-6(2)5-9(12)11(16)13-10-7(3)8(4)14-15-10/h6,9H,5,12H2,1-4H3,(H2,13,14,15,16)/t9-/m1/s1. The van der Waals surface area contributed by atoms with Gasteiger partial charge in [0.1, 0.15) is 0 Å². The molecule has 0 aromatic carbocycles. The lowest BCUT2D eigenvalue weighted by molar-refractivity contribution is -0.117. The van der Waals surface area contributed by atoms with Crippen molar-refractivity contribution in [2.24, 2.45) is 11.7 Å². The first-order chi connectivity index (χ1) is 7.41. The average Bonchev–Trinajstić information content (AvgIpc) is 2.48. The molecule has 5 heteroatoms. The molecule has 1 amide bonds. The molecule has 0 saturated carbocycles. The zero-order chi connectivity index (χ0) is 12.3. The lowest BCUT2D eigenvalue weighted by atomic mass is 10.0. The lowest BCUT2D eigenvalue weighted by Crippen LogP contribution is -2.36. The average molecular weight is 224 g/mol. The van der Waals surface area contributed by atoms with Crippen LogP contribution < -0.4 is 11.1 Å². The summed E-state index contributed by atoms with van der Waals surface area (Å²) < 4.78 is 0. The van der Waals surface area contributed by atoms with Gasteiger partial charge in [-0.3, -0.25) is 9.89 Å². The molecule has 1 heterocycles. The monoisotopic (exact) mass is 224 g/mol. The number of aromatic amines is 1. The van der Waals surface area contributed by atoms with Crippen LogP contribution in [-0.2, 0) is 4.79 Å². The number of nitrogens with two attached hydrogens (primary N) is 1. The van der Waals surface area contributed by atoms with Crippen LogP contribution in [0.3, 0.4) is 0 Å². The number of aryl methyl sites for hydroxylation is 1. The van der Waals surface area contributed by atoms with E-state index < -0.39 is 6.04 Å². The van der Waals surface area contributed by atoms with E-state index in [0.717, 1.165) is 11.3 Å². The molecule has 0 aliphatic carbocycles. The van der Waals surface area contributed by atoms with Gasteiger partial charge in [0, 0.05) is 11.3 Å². The number of rotatable bonds is 4. The zero-order valence-electron chi connectivity index (χ0n) is 10.3. The van der Waals surface area contributed by atoms with Gasteiger partial charge in [-0.2, -0.15) is 5.10 Å². The molecule has 0 saturated heterocycles. The number of hydrogen-bond acceptors (Lipinski definition) is 3. The Labute approximate surface area is 95.8 Å². The van der Waals surface area contributed by atoms with Crippen molar-refractivity contribution in [2.45, 2.75) is 40.2 Å². The number of amides is 1. The molecule has 90 valence electrons. The largest absolute Gasteiger partial charge is 0.320 e. The molecule has 1 atom stereocenters. The normalized spacial score (nSPS) is 12.9. The van der Waals surface area contributed by atoms with E-state index in [1.807, 2.05) is 27.7 Å². The van der Waals surface area contributed by atoms with Crippen LogP contribution in [0.5, 0.6) is 0 Å². The van der Waals surface area contributed by atoms with Crippen molar-refractivity contribution in [1.82, 2.24) is 10.2 Å². The Bertz CT molecular complexity index is 370. The molecule has 0 unspecified atom stereocenters. The van der Waals surface area contributed by atoms with Crippen molar-refractivity contribution in [1.29, 1.82) is 0 Å². The van der Waals surface area contributed by atoms with Crippen LogP contribution in [0.1, 0.15) is 31.5 Å². The van der Waals surface area contributed by atoms with Crippen molar-refractivity contribution in [2.75, 3.05) is 5.32 Å². The van der Waals surface area contributed by atoms with Crippen LogP contribution in [0.15, 0.2) is 0 Å². The fourth-order valence-corrected chi connectivity index (χ4v) is 1.43. The van der Waals surface area contributed by atoms with Gasteiger partial charge in [0.05, 0.1) is 6.04 Å². The summed E-state index contributed by atoms with van der Waals surface area (Å²) in [4.78, 5) is 11.7. The number of anilines is 1. The Morgan fingerprint density at radius 2 is 2.12 bits per heavy atom. The number of H-pyrrole nitrogens is 1. The number of hydrogen-bond donors (Lipinski definition) is 3. The molecule has 0 radical (unpaired) electrons. The molecule has 5 nitrogen and oxygen atoms in total. The van der Waals surface area contributed by atoms with Gasteiger partial charge in [0.2, 0.25) is 5.91 Å². The number of nitrogens with one attached hydrogen (secondary N) is 2. The van der Waals surface area contributed by atoms with E-state index in [1.54, 1.807) is 0 Å². The minimum absolute atomic E-state index is 0.178. The van der Waals surface area contributed by atoms with Crippen LogP contribution in [0.4, 0.5) is 5.82 Å². The highest BCUT2D eigenvalue weighted by Crippen LogP contribution is 2.14. The fourth-order valence-electron chi connectivity index (χ4n) is 1.43. The van der Waals surface area contributed by atoms with Crippen molar-refractivity contribution < 1.29 is 4.79 Å². The molecule has 1 rings (SSSR count). The van der Waals surface area contributed by atoms with Crippen molar-refractivity contribution in [3.05, 3.63) is 11.3 Å². The zero-order valence-corrected chi connectivity index (χ0v) is 10.3. The molecule has 0 bridgehead atoms. The third-order valence-electron chi connectivity index (χ3n) is 2.56. The van der Waals surface area contributed by atoms with Gasteiger partial charge in [-0.05, 0) is 26.2 Å². The summed E-state index contributed by atoms with van der Waals surface area (Å²) in [7, 11) is 0.